The lowest BCUT2D eigenvalue weighted by Crippen LogP contribution is -1.95. The number of benzene rings is 4. The number of nitrogens with zero attached hydrogens (tertiary/aromatic N) is 2. The minimum Gasteiger partial charge on any atom is -0.455 e. The van der Waals surface area contributed by atoms with Gasteiger partial charge in [0.15, 0.2) is 3.83 Å². The molecule has 6 aromatic rings. The number of hydrogen-bond donors (Lipinski definition) is 0. The normalized spacial score (nSPS) is 11.8. The highest BCUT2D eigenvalue weighted by molar-refractivity contribution is 14.1. The molecule has 0 radical (unpaired) electrons. The van der Waals surface area contributed by atoms with Gasteiger partial charge in [0.25, 0.3) is 0 Å². The molecule has 2 heterocycles. The van der Waals surface area contributed by atoms with Crippen LogP contribution in [0.1, 0.15) is 0 Å². The maximum Gasteiger partial charge on any atom is 0.191 e. The maximum absolute atomic E-state index is 6.28. The highest BCUT2D eigenvalue weighted by Crippen LogP contribution is 2.39. The summed E-state index contributed by atoms with van der Waals surface area (Å²) in [4.78, 5) is 9.54. The minimum atomic E-state index is 0.725. The average molecular weight is 472 g/mol. The molecule has 28 heavy (non-hydrogen) atoms. The highest BCUT2D eigenvalue weighted by Gasteiger charge is 2.17. The number of aromatic nitrogens is 2. The van der Waals surface area contributed by atoms with Gasteiger partial charge in [0.05, 0.1) is 11.2 Å². The summed E-state index contributed by atoms with van der Waals surface area (Å²) in [6.45, 7) is 0. The molecule has 132 valence electrons. The van der Waals surface area contributed by atoms with E-state index in [1.54, 1.807) is 0 Å². The molecule has 4 heteroatoms. The number of furan rings is 1. The Bertz CT molecular complexity index is 1530. The Balaban J connectivity index is 1.82. The van der Waals surface area contributed by atoms with Gasteiger partial charge in [-0.1, -0.05) is 60.7 Å². The van der Waals surface area contributed by atoms with Crippen LogP contribution in [0.3, 0.4) is 0 Å². The Labute approximate surface area is 174 Å². The molecule has 0 bridgehead atoms. The first kappa shape index (κ1) is 16.0. The van der Waals surface area contributed by atoms with Crippen LogP contribution in [0.2, 0.25) is 0 Å². The summed E-state index contributed by atoms with van der Waals surface area (Å²) in [5.74, 6) is 0. The third kappa shape index (κ3) is 2.27. The quantitative estimate of drug-likeness (QED) is 0.148. The molecule has 0 amide bonds. The summed E-state index contributed by atoms with van der Waals surface area (Å²) < 4.78 is 7.00. The maximum atomic E-state index is 6.28. The fraction of sp³-hybridized carbons (Fsp3) is 0. The first-order valence-corrected chi connectivity index (χ1v) is 10.1. The highest BCUT2D eigenvalue weighted by atomic mass is 127. The van der Waals surface area contributed by atoms with Crippen LogP contribution in [0.5, 0.6) is 0 Å². The lowest BCUT2D eigenvalue weighted by Gasteiger charge is -2.10. The van der Waals surface area contributed by atoms with E-state index in [2.05, 4.69) is 88.2 Å². The van der Waals surface area contributed by atoms with E-state index in [1.807, 2.05) is 18.2 Å². The summed E-state index contributed by atoms with van der Waals surface area (Å²) in [7, 11) is 0. The summed E-state index contributed by atoms with van der Waals surface area (Å²) in [5, 5.41) is 5.62. The third-order valence-electron chi connectivity index (χ3n) is 5.22. The Morgan fingerprint density at radius 2 is 1.46 bits per heavy atom. The standard InChI is InChI=1S/C24H13IN2O/c25-24-26-19-13-12-14-6-1-2-7-15(14)21(19)22(27-24)18-10-5-9-17-16-8-3-4-11-20(16)28-23(17)18/h1-13H. The SMILES string of the molecule is Ic1nc(-c2cccc3c2oc2ccccc23)c2c(ccc3ccccc32)n1. The monoisotopic (exact) mass is 472 g/mol. The van der Waals surface area contributed by atoms with Crippen molar-refractivity contribution in [3.8, 4) is 11.3 Å². The summed E-state index contributed by atoms with van der Waals surface area (Å²) in [5.41, 5.74) is 4.61. The van der Waals surface area contributed by atoms with Crippen molar-refractivity contribution in [3.05, 3.63) is 82.7 Å². The van der Waals surface area contributed by atoms with E-state index >= 15 is 0 Å². The largest absolute Gasteiger partial charge is 0.455 e. The topological polar surface area (TPSA) is 38.9 Å². The molecular formula is C24H13IN2O. The van der Waals surface area contributed by atoms with E-state index in [4.69, 9.17) is 9.40 Å². The fourth-order valence-electron chi connectivity index (χ4n) is 4.00. The van der Waals surface area contributed by atoms with E-state index in [9.17, 15) is 0 Å². The molecule has 2 aromatic heterocycles. The first-order valence-electron chi connectivity index (χ1n) is 9.05. The van der Waals surface area contributed by atoms with Gasteiger partial charge < -0.3 is 4.42 Å². The van der Waals surface area contributed by atoms with Crippen molar-refractivity contribution >= 4 is 66.2 Å². The van der Waals surface area contributed by atoms with Crippen LogP contribution in [0, 0.1) is 3.83 Å². The van der Waals surface area contributed by atoms with Crippen molar-refractivity contribution in [1.29, 1.82) is 0 Å². The molecule has 3 nitrogen and oxygen atoms in total. The van der Waals surface area contributed by atoms with Crippen LogP contribution in [-0.2, 0) is 0 Å². The zero-order valence-corrected chi connectivity index (χ0v) is 16.8. The molecule has 0 aliphatic carbocycles. The fourth-order valence-corrected chi connectivity index (χ4v) is 4.50. The second-order valence-corrected chi connectivity index (χ2v) is 7.77. The van der Waals surface area contributed by atoms with Gasteiger partial charge in [-0.2, -0.15) is 0 Å². The van der Waals surface area contributed by atoms with Crippen molar-refractivity contribution in [1.82, 2.24) is 9.97 Å². The number of para-hydroxylation sites is 2. The Hall–Kier alpha value is -2.99. The summed E-state index contributed by atoms with van der Waals surface area (Å²) in [6, 6.07) is 27.0. The molecule has 4 aromatic carbocycles. The third-order valence-corrected chi connectivity index (χ3v) is 5.70. The van der Waals surface area contributed by atoms with Gasteiger partial charge in [0, 0.05) is 44.3 Å². The molecule has 0 aliphatic rings. The molecule has 0 fully saturated rings. The molecule has 0 N–H and O–H groups in total. The zero-order chi connectivity index (χ0) is 18.7. The zero-order valence-electron chi connectivity index (χ0n) is 14.7. The van der Waals surface area contributed by atoms with Gasteiger partial charge in [-0.3, -0.25) is 0 Å². The first-order chi connectivity index (χ1) is 13.8. The molecule has 0 unspecified atom stereocenters. The van der Waals surface area contributed by atoms with E-state index in [1.165, 1.54) is 5.39 Å². The lowest BCUT2D eigenvalue weighted by molar-refractivity contribution is 0.670. The van der Waals surface area contributed by atoms with E-state index in [0.29, 0.717) is 0 Å². The Morgan fingerprint density at radius 3 is 2.39 bits per heavy atom. The molecule has 0 atom stereocenters. The van der Waals surface area contributed by atoms with Gasteiger partial charge in [-0.25, -0.2) is 9.97 Å². The van der Waals surface area contributed by atoms with E-state index in [-0.39, 0.29) is 0 Å². The average Bonchev–Trinajstić information content (AvgIpc) is 3.11. The predicted octanol–water partition coefficient (Wildman–Crippen LogP) is 6.95. The summed E-state index contributed by atoms with van der Waals surface area (Å²) in [6.07, 6.45) is 0. The number of fused-ring (bicyclic) bond motifs is 6. The van der Waals surface area contributed by atoms with E-state index < -0.39 is 0 Å². The molecule has 0 saturated carbocycles. The minimum absolute atomic E-state index is 0.725. The number of rotatable bonds is 1. The Kier molecular flexibility index (Phi) is 3.43. The van der Waals surface area contributed by atoms with Crippen LogP contribution in [0.25, 0.3) is 54.9 Å². The van der Waals surface area contributed by atoms with Crippen molar-refractivity contribution in [2.45, 2.75) is 0 Å². The van der Waals surface area contributed by atoms with Crippen molar-refractivity contribution in [2.24, 2.45) is 0 Å². The molecular weight excluding hydrogens is 459 g/mol. The number of halogens is 1. The van der Waals surface area contributed by atoms with Crippen molar-refractivity contribution in [2.75, 3.05) is 0 Å². The molecule has 0 aliphatic heterocycles. The smallest absolute Gasteiger partial charge is 0.191 e. The van der Waals surface area contributed by atoms with Crippen LogP contribution in [-0.4, -0.2) is 9.97 Å². The second-order valence-electron chi connectivity index (χ2n) is 6.80. The van der Waals surface area contributed by atoms with Gasteiger partial charge in [0.2, 0.25) is 0 Å². The van der Waals surface area contributed by atoms with Crippen LogP contribution in [0.4, 0.5) is 0 Å². The molecule has 0 spiro atoms. The second kappa shape index (κ2) is 6.01. The van der Waals surface area contributed by atoms with Gasteiger partial charge in [0.1, 0.15) is 11.2 Å². The van der Waals surface area contributed by atoms with Gasteiger partial charge >= 0.3 is 0 Å². The van der Waals surface area contributed by atoms with Crippen LogP contribution < -0.4 is 0 Å². The van der Waals surface area contributed by atoms with Crippen LogP contribution in [0.15, 0.2) is 83.3 Å². The molecule has 6 rings (SSSR count). The lowest BCUT2D eigenvalue weighted by atomic mass is 9.99. The van der Waals surface area contributed by atoms with Crippen molar-refractivity contribution < 1.29 is 4.42 Å². The predicted molar refractivity (Wildman–Crippen MR) is 122 cm³/mol. The molecule has 0 saturated heterocycles. The van der Waals surface area contributed by atoms with E-state index in [0.717, 1.165) is 53.3 Å². The van der Waals surface area contributed by atoms with Gasteiger partial charge in [-0.05, 0) is 29.0 Å². The summed E-state index contributed by atoms with van der Waals surface area (Å²) >= 11 is 2.19. The van der Waals surface area contributed by atoms with Crippen LogP contribution >= 0.6 is 22.6 Å². The Morgan fingerprint density at radius 1 is 0.679 bits per heavy atom. The number of hydrogen-bond acceptors (Lipinski definition) is 3. The van der Waals surface area contributed by atoms with Gasteiger partial charge in [-0.15, -0.1) is 0 Å². The van der Waals surface area contributed by atoms with Crippen molar-refractivity contribution in [3.63, 3.8) is 0 Å².